The van der Waals surface area contributed by atoms with Crippen LogP contribution >= 0.6 is 0 Å². The highest BCUT2D eigenvalue weighted by Crippen LogP contribution is 2.30. The Kier molecular flexibility index (Phi) is 6.12. The molecule has 0 atom stereocenters. The third kappa shape index (κ3) is 4.94. The molecule has 24 heavy (non-hydrogen) atoms. The van der Waals surface area contributed by atoms with Gasteiger partial charge in [-0.2, -0.15) is 0 Å². The number of carbonyl (C=O) groups excluding carboxylic acids is 2. The van der Waals surface area contributed by atoms with Crippen molar-refractivity contribution < 1.29 is 29.0 Å². The number of hydrogen-bond donors (Lipinski definition) is 1. The largest absolute Gasteiger partial charge is 0.481 e. The van der Waals surface area contributed by atoms with Gasteiger partial charge in [0.15, 0.2) is 0 Å². The molecule has 1 N–H and O–H groups in total. The van der Waals surface area contributed by atoms with Crippen LogP contribution < -0.4 is 4.74 Å². The van der Waals surface area contributed by atoms with Gasteiger partial charge in [-0.25, -0.2) is 4.79 Å². The van der Waals surface area contributed by atoms with Crippen LogP contribution in [0.1, 0.15) is 31.2 Å². The van der Waals surface area contributed by atoms with Gasteiger partial charge in [-0.3, -0.25) is 9.59 Å². The fourth-order valence-corrected chi connectivity index (χ4v) is 2.64. The highest BCUT2D eigenvalue weighted by atomic mass is 16.5. The van der Waals surface area contributed by atoms with Crippen LogP contribution in [-0.2, 0) is 25.7 Å². The van der Waals surface area contributed by atoms with Crippen molar-refractivity contribution in [1.29, 1.82) is 0 Å². The van der Waals surface area contributed by atoms with Gasteiger partial charge < -0.3 is 14.6 Å². The molecule has 6 nitrogen and oxygen atoms in total. The molecule has 0 amide bonds. The van der Waals surface area contributed by atoms with E-state index in [1.165, 1.54) is 0 Å². The van der Waals surface area contributed by atoms with Crippen LogP contribution in [0, 0.1) is 11.8 Å². The zero-order chi connectivity index (χ0) is 17.5. The number of carboxylic acids is 1. The Morgan fingerprint density at radius 2 is 1.67 bits per heavy atom. The number of ether oxygens (including phenoxy) is 2. The molecule has 0 radical (unpaired) electrons. The van der Waals surface area contributed by atoms with Crippen LogP contribution in [0.25, 0.3) is 0 Å². The summed E-state index contributed by atoms with van der Waals surface area (Å²) < 4.78 is 10.3. The van der Waals surface area contributed by atoms with Gasteiger partial charge in [0, 0.05) is 6.08 Å². The van der Waals surface area contributed by atoms with Crippen molar-refractivity contribution in [1.82, 2.24) is 0 Å². The molecule has 1 saturated carbocycles. The molecule has 0 aliphatic heterocycles. The zero-order valence-electron chi connectivity index (χ0n) is 13.3. The number of aliphatic carboxylic acids is 1. The molecule has 1 aliphatic rings. The molecule has 1 aliphatic carbocycles. The van der Waals surface area contributed by atoms with E-state index in [2.05, 4.69) is 6.58 Å². The fourth-order valence-electron chi connectivity index (χ4n) is 2.64. The van der Waals surface area contributed by atoms with Crippen molar-refractivity contribution in [3.63, 3.8) is 0 Å². The minimum Gasteiger partial charge on any atom is -0.481 e. The van der Waals surface area contributed by atoms with Gasteiger partial charge in [-0.15, -0.1) is 0 Å². The van der Waals surface area contributed by atoms with Crippen molar-refractivity contribution in [3.8, 4) is 5.75 Å². The van der Waals surface area contributed by atoms with E-state index in [1.54, 1.807) is 24.3 Å². The van der Waals surface area contributed by atoms with E-state index >= 15 is 0 Å². The average molecular weight is 332 g/mol. The predicted molar refractivity (Wildman–Crippen MR) is 85.2 cm³/mol. The summed E-state index contributed by atoms with van der Waals surface area (Å²) in [5.74, 6) is -1.82. The second-order valence-corrected chi connectivity index (χ2v) is 5.76. The van der Waals surface area contributed by atoms with Crippen LogP contribution in [0.2, 0.25) is 0 Å². The lowest BCUT2D eigenvalue weighted by Crippen LogP contribution is -2.28. The molecule has 1 aromatic carbocycles. The maximum atomic E-state index is 12.1. The molecule has 0 bridgehead atoms. The minimum absolute atomic E-state index is 0.123. The molecule has 1 aromatic rings. The van der Waals surface area contributed by atoms with Crippen molar-refractivity contribution in [3.05, 3.63) is 42.5 Å². The summed E-state index contributed by atoms with van der Waals surface area (Å²) in [6.45, 7) is 3.44. The third-order valence-corrected chi connectivity index (χ3v) is 4.10. The van der Waals surface area contributed by atoms with Gasteiger partial charge in [-0.1, -0.05) is 18.7 Å². The summed E-state index contributed by atoms with van der Waals surface area (Å²) >= 11 is 0. The first-order valence-electron chi connectivity index (χ1n) is 7.82. The Labute approximate surface area is 140 Å². The first-order chi connectivity index (χ1) is 11.5. The van der Waals surface area contributed by atoms with Crippen molar-refractivity contribution >= 4 is 17.9 Å². The maximum absolute atomic E-state index is 12.1. The number of hydrogen-bond acceptors (Lipinski definition) is 5. The van der Waals surface area contributed by atoms with E-state index in [1.807, 2.05) is 0 Å². The van der Waals surface area contributed by atoms with Gasteiger partial charge in [0.25, 0.3) is 0 Å². The Morgan fingerprint density at radius 3 is 2.21 bits per heavy atom. The van der Waals surface area contributed by atoms with Crippen LogP contribution in [0.5, 0.6) is 5.75 Å². The lowest BCUT2D eigenvalue weighted by Gasteiger charge is -2.24. The summed E-state index contributed by atoms with van der Waals surface area (Å²) in [6.07, 6.45) is 3.16. The van der Waals surface area contributed by atoms with E-state index in [9.17, 15) is 14.4 Å². The quantitative estimate of drug-likeness (QED) is 0.489. The number of rotatable bonds is 6. The summed E-state index contributed by atoms with van der Waals surface area (Å²) in [7, 11) is 0. The van der Waals surface area contributed by atoms with E-state index in [0.717, 1.165) is 11.6 Å². The number of carbonyl (C=O) groups is 3. The Balaban J connectivity index is 1.83. The number of benzene rings is 1. The second-order valence-electron chi connectivity index (χ2n) is 5.76. The van der Waals surface area contributed by atoms with E-state index in [4.69, 9.17) is 14.6 Å². The van der Waals surface area contributed by atoms with Crippen LogP contribution in [-0.4, -0.2) is 23.0 Å². The van der Waals surface area contributed by atoms with Crippen LogP contribution in [0.15, 0.2) is 36.9 Å². The van der Waals surface area contributed by atoms with Gasteiger partial charge in [0.1, 0.15) is 12.4 Å². The first-order valence-corrected chi connectivity index (χ1v) is 7.82. The topological polar surface area (TPSA) is 89.9 Å². The highest BCUT2D eigenvalue weighted by molar-refractivity contribution is 5.81. The Bertz CT molecular complexity index is 611. The van der Waals surface area contributed by atoms with Crippen molar-refractivity contribution in [2.75, 3.05) is 0 Å². The first kappa shape index (κ1) is 17.7. The van der Waals surface area contributed by atoms with E-state index < -0.39 is 11.9 Å². The predicted octanol–water partition coefficient (Wildman–Crippen LogP) is 2.71. The van der Waals surface area contributed by atoms with E-state index in [0.29, 0.717) is 31.4 Å². The smallest absolute Gasteiger partial charge is 0.330 e. The highest BCUT2D eigenvalue weighted by Gasteiger charge is 2.30. The third-order valence-electron chi connectivity index (χ3n) is 4.10. The second kappa shape index (κ2) is 8.29. The summed E-state index contributed by atoms with van der Waals surface area (Å²) in [6, 6.07) is 6.69. The standard InChI is InChI=1S/C18H20O6/c1-2-16(19)23-11-12-3-9-15(10-4-12)24-18(22)14-7-5-13(6-8-14)17(20)21/h2-4,9-10,13-14H,1,5-8,11H2,(H,20,21). The fraction of sp³-hybridized carbons (Fsp3) is 0.389. The molecular formula is C18H20O6. The van der Waals surface area contributed by atoms with Crippen LogP contribution in [0.4, 0.5) is 0 Å². The van der Waals surface area contributed by atoms with Crippen molar-refractivity contribution in [2.45, 2.75) is 32.3 Å². The lowest BCUT2D eigenvalue weighted by molar-refractivity contribution is -0.146. The van der Waals surface area contributed by atoms with E-state index in [-0.39, 0.29) is 24.4 Å². The van der Waals surface area contributed by atoms with Gasteiger partial charge in [-0.05, 0) is 43.4 Å². The SMILES string of the molecule is C=CC(=O)OCc1ccc(OC(=O)C2CCC(C(=O)O)CC2)cc1. The van der Waals surface area contributed by atoms with Gasteiger partial charge >= 0.3 is 17.9 Å². The Morgan fingerprint density at radius 1 is 1.08 bits per heavy atom. The summed E-state index contributed by atoms with van der Waals surface area (Å²) in [5, 5.41) is 8.97. The van der Waals surface area contributed by atoms with Gasteiger partial charge in [0.05, 0.1) is 11.8 Å². The molecule has 2 rings (SSSR count). The maximum Gasteiger partial charge on any atom is 0.330 e. The lowest BCUT2D eigenvalue weighted by atomic mass is 9.82. The summed E-state index contributed by atoms with van der Waals surface area (Å²) in [5.41, 5.74) is 0.770. The van der Waals surface area contributed by atoms with Crippen LogP contribution in [0.3, 0.4) is 0 Å². The molecule has 6 heteroatoms. The number of esters is 2. The van der Waals surface area contributed by atoms with Gasteiger partial charge in [0.2, 0.25) is 0 Å². The van der Waals surface area contributed by atoms with Crippen molar-refractivity contribution in [2.24, 2.45) is 11.8 Å². The number of carboxylic acid groups (broad SMARTS) is 1. The average Bonchev–Trinajstić information content (AvgIpc) is 2.60. The Hall–Kier alpha value is -2.63. The molecule has 0 saturated heterocycles. The molecule has 128 valence electrons. The zero-order valence-corrected chi connectivity index (χ0v) is 13.3. The molecule has 0 heterocycles. The monoisotopic (exact) mass is 332 g/mol. The normalized spacial score (nSPS) is 20.0. The molecule has 0 aromatic heterocycles. The molecule has 0 spiro atoms. The molecule has 0 unspecified atom stereocenters. The molecular weight excluding hydrogens is 312 g/mol. The molecule has 1 fully saturated rings. The summed E-state index contributed by atoms with van der Waals surface area (Å²) in [4.78, 5) is 34.0. The minimum atomic E-state index is -0.797.